The van der Waals surface area contributed by atoms with Gasteiger partial charge >= 0.3 is 18.3 Å². The Kier molecular flexibility index (Phi) is 4.13. The fourth-order valence-corrected chi connectivity index (χ4v) is 3.02. The first kappa shape index (κ1) is 17.6. The zero-order chi connectivity index (χ0) is 17.6. The Labute approximate surface area is 127 Å². The molecule has 128 valence electrons. The molecule has 0 saturated heterocycles. The summed E-state index contributed by atoms with van der Waals surface area (Å²) in [4.78, 5) is 10.9. The van der Waals surface area contributed by atoms with E-state index in [1.165, 1.54) is 0 Å². The number of fused-ring (bicyclic) bond motifs is 1. The molecule has 1 aromatic rings. The summed E-state index contributed by atoms with van der Waals surface area (Å²) in [6, 6.07) is 0.939. The molecule has 3 N–H and O–H groups in total. The monoisotopic (exact) mass is 341 g/mol. The summed E-state index contributed by atoms with van der Waals surface area (Å²) >= 11 is 0. The average Bonchev–Trinajstić information content (AvgIpc) is 2.72. The van der Waals surface area contributed by atoms with Crippen LogP contribution in [0.15, 0.2) is 12.1 Å². The maximum absolute atomic E-state index is 12.9. The van der Waals surface area contributed by atoms with Crippen LogP contribution in [0.4, 0.5) is 26.3 Å². The highest BCUT2D eigenvalue weighted by Crippen LogP contribution is 2.46. The van der Waals surface area contributed by atoms with E-state index in [1.807, 2.05) is 0 Å². The van der Waals surface area contributed by atoms with Crippen molar-refractivity contribution in [2.45, 2.75) is 31.6 Å². The van der Waals surface area contributed by atoms with Crippen LogP contribution in [0, 0.1) is 5.41 Å². The lowest BCUT2D eigenvalue weighted by atomic mass is 9.81. The Hall–Kier alpha value is -1.77. The topological polar surface area (TPSA) is 63.3 Å². The number of hydrogen-bond donors (Lipinski definition) is 2. The van der Waals surface area contributed by atoms with Gasteiger partial charge in [0.15, 0.2) is 0 Å². The van der Waals surface area contributed by atoms with E-state index in [0.717, 1.165) is 0 Å². The van der Waals surface area contributed by atoms with E-state index in [4.69, 9.17) is 10.8 Å². The van der Waals surface area contributed by atoms with Gasteiger partial charge < -0.3 is 10.8 Å². The molecular weight excluding hydrogens is 328 g/mol. The SMILES string of the molecule is NCC1(CC(=O)O)Cc2cc(C(F)(F)F)c(C(F)(F)F)cc2C1. The molecule has 0 radical (unpaired) electrons. The van der Waals surface area contributed by atoms with Gasteiger partial charge in [0.05, 0.1) is 17.5 Å². The van der Waals surface area contributed by atoms with E-state index in [-0.39, 0.29) is 30.5 Å². The first-order chi connectivity index (χ1) is 10.4. The Morgan fingerprint density at radius 2 is 1.43 bits per heavy atom. The molecule has 0 unspecified atom stereocenters. The van der Waals surface area contributed by atoms with Gasteiger partial charge in [0.25, 0.3) is 0 Å². The summed E-state index contributed by atoms with van der Waals surface area (Å²) in [6.07, 6.45) is -10.9. The zero-order valence-corrected chi connectivity index (χ0v) is 11.7. The van der Waals surface area contributed by atoms with Crippen LogP contribution in [-0.4, -0.2) is 17.6 Å². The maximum Gasteiger partial charge on any atom is 0.417 e. The van der Waals surface area contributed by atoms with Crippen LogP contribution >= 0.6 is 0 Å². The number of aliphatic carboxylic acids is 1. The van der Waals surface area contributed by atoms with Crippen LogP contribution in [0.1, 0.15) is 28.7 Å². The Morgan fingerprint density at radius 3 is 1.70 bits per heavy atom. The highest BCUT2D eigenvalue weighted by atomic mass is 19.4. The first-order valence-corrected chi connectivity index (χ1v) is 6.60. The first-order valence-electron chi connectivity index (χ1n) is 6.60. The van der Waals surface area contributed by atoms with E-state index in [2.05, 4.69) is 0 Å². The number of carbonyl (C=O) groups is 1. The van der Waals surface area contributed by atoms with Crippen LogP contribution in [0.25, 0.3) is 0 Å². The molecular formula is C14H13F6NO2. The predicted octanol–water partition coefficient (Wildman–Crippen LogP) is 3.24. The third kappa shape index (κ3) is 3.44. The van der Waals surface area contributed by atoms with Gasteiger partial charge in [0, 0.05) is 5.41 Å². The van der Waals surface area contributed by atoms with Crippen LogP contribution in [-0.2, 0) is 30.0 Å². The average molecular weight is 341 g/mol. The highest BCUT2D eigenvalue weighted by Gasteiger charge is 2.46. The highest BCUT2D eigenvalue weighted by molar-refractivity contribution is 5.68. The summed E-state index contributed by atoms with van der Waals surface area (Å²) in [7, 11) is 0. The standard InChI is InChI=1S/C14H13F6NO2/c15-13(16,17)9-1-7-3-12(6-21,5-11(22)23)4-8(7)2-10(9)14(18,19)20/h1-2H,3-6,21H2,(H,22,23). The van der Waals surface area contributed by atoms with Gasteiger partial charge in [-0.2, -0.15) is 26.3 Å². The number of alkyl halides is 6. The molecule has 0 aromatic heterocycles. The summed E-state index contributed by atoms with van der Waals surface area (Å²) in [5, 5.41) is 8.90. The molecule has 9 heteroatoms. The number of carboxylic acid groups (broad SMARTS) is 1. The van der Waals surface area contributed by atoms with E-state index in [9.17, 15) is 31.1 Å². The number of nitrogens with two attached hydrogens (primary N) is 1. The van der Waals surface area contributed by atoms with Crippen molar-refractivity contribution in [3.8, 4) is 0 Å². The van der Waals surface area contributed by atoms with Crippen molar-refractivity contribution in [1.82, 2.24) is 0 Å². The molecule has 0 bridgehead atoms. The van der Waals surface area contributed by atoms with Crippen molar-refractivity contribution in [2.75, 3.05) is 6.54 Å². The minimum absolute atomic E-state index is 0.0667. The van der Waals surface area contributed by atoms with Gasteiger partial charge in [-0.05, 0) is 42.6 Å². The molecule has 3 nitrogen and oxygen atoms in total. The van der Waals surface area contributed by atoms with Crippen molar-refractivity contribution >= 4 is 5.97 Å². The largest absolute Gasteiger partial charge is 0.481 e. The number of hydrogen-bond acceptors (Lipinski definition) is 2. The third-order valence-electron chi connectivity index (χ3n) is 4.04. The fourth-order valence-electron chi connectivity index (χ4n) is 3.02. The van der Waals surface area contributed by atoms with Crippen LogP contribution in [0.2, 0.25) is 0 Å². The molecule has 0 heterocycles. The lowest BCUT2D eigenvalue weighted by Gasteiger charge is -2.24. The normalized spacial score (nSPS) is 17.2. The third-order valence-corrected chi connectivity index (χ3v) is 4.04. The van der Waals surface area contributed by atoms with E-state index in [0.29, 0.717) is 12.1 Å². The number of rotatable bonds is 3. The molecule has 2 rings (SSSR count). The minimum Gasteiger partial charge on any atom is -0.481 e. The number of halogens is 6. The van der Waals surface area contributed by atoms with Gasteiger partial charge in [-0.25, -0.2) is 0 Å². The molecule has 0 spiro atoms. The molecule has 0 saturated carbocycles. The van der Waals surface area contributed by atoms with Crippen molar-refractivity contribution < 1.29 is 36.2 Å². The molecule has 1 aliphatic rings. The number of benzene rings is 1. The van der Waals surface area contributed by atoms with Crippen LogP contribution in [0.5, 0.6) is 0 Å². The van der Waals surface area contributed by atoms with Gasteiger partial charge in [-0.1, -0.05) is 0 Å². The molecule has 23 heavy (non-hydrogen) atoms. The molecule has 0 fully saturated rings. The Morgan fingerprint density at radius 1 is 1.04 bits per heavy atom. The number of carboxylic acids is 1. The zero-order valence-electron chi connectivity index (χ0n) is 11.7. The summed E-state index contributed by atoms with van der Waals surface area (Å²) in [5.74, 6) is -1.20. The molecule has 0 aliphatic heterocycles. The van der Waals surface area contributed by atoms with Gasteiger partial charge in [0.1, 0.15) is 0 Å². The summed E-state index contributed by atoms with van der Waals surface area (Å²) in [6.45, 7) is -0.142. The van der Waals surface area contributed by atoms with E-state index in [1.54, 1.807) is 0 Å². The quantitative estimate of drug-likeness (QED) is 0.830. The van der Waals surface area contributed by atoms with Gasteiger partial charge in [-0.3, -0.25) is 4.79 Å². The van der Waals surface area contributed by atoms with Crippen LogP contribution < -0.4 is 5.73 Å². The Bertz CT molecular complexity index is 592. The smallest absolute Gasteiger partial charge is 0.417 e. The lowest BCUT2D eigenvalue weighted by Crippen LogP contribution is -2.33. The van der Waals surface area contributed by atoms with Crippen LogP contribution in [0.3, 0.4) is 0 Å². The van der Waals surface area contributed by atoms with Crippen molar-refractivity contribution in [3.63, 3.8) is 0 Å². The Balaban J connectivity index is 2.54. The summed E-state index contributed by atoms with van der Waals surface area (Å²) in [5.41, 5.74) is 1.10. The molecule has 1 aromatic carbocycles. The van der Waals surface area contributed by atoms with E-state index >= 15 is 0 Å². The minimum atomic E-state index is -5.15. The lowest BCUT2D eigenvalue weighted by molar-refractivity contribution is -0.162. The van der Waals surface area contributed by atoms with E-state index < -0.39 is 41.3 Å². The predicted molar refractivity (Wildman–Crippen MR) is 67.6 cm³/mol. The molecule has 1 aliphatic carbocycles. The fraction of sp³-hybridized carbons (Fsp3) is 0.500. The van der Waals surface area contributed by atoms with Gasteiger partial charge in [-0.15, -0.1) is 0 Å². The second-order valence-corrected chi connectivity index (χ2v) is 5.79. The summed E-state index contributed by atoms with van der Waals surface area (Å²) < 4.78 is 77.5. The van der Waals surface area contributed by atoms with Crippen molar-refractivity contribution in [1.29, 1.82) is 0 Å². The molecule has 0 amide bonds. The second-order valence-electron chi connectivity index (χ2n) is 5.79. The van der Waals surface area contributed by atoms with Crippen molar-refractivity contribution in [2.24, 2.45) is 11.1 Å². The second kappa shape index (κ2) is 5.40. The maximum atomic E-state index is 12.9. The molecule has 0 atom stereocenters. The van der Waals surface area contributed by atoms with Gasteiger partial charge in [0.2, 0.25) is 0 Å². The van der Waals surface area contributed by atoms with Crippen molar-refractivity contribution in [3.05, 3.63) is 34.4 Å².